The van der Waals surface area contributed by atoms with Crippen LogP contribution in [0.3, 0.4) is 0 Å². The highest BCUT2D eigenvalue weighted by molar-refractivity contribution is 7.89. The first kappa shape index (κ1) is 23.1. The van der Waals surface area contributed by atoms with E-state index in [4.69, 9.17) is 16.3 Å². The molecule has 0 radical (unpaired) electrons. The molecule has 0 spiro atoms. The largest absolute Gasteiger partial charge is 0.496 e. The Morgan fingerprint density at radius 2 is 1.84 bits per heavy atom. The van der Waals surface area contributed by atoms with E-state index >= 15 is 0 Å². The minimum Gasteiger partial charge on any atom is -0.496 e. The summed E-state index contributed by atoms with van der Waals surface area (Å²) >= 11 is 6.04. The standard InChI is InChI=1S/C21H24ClN3O5S/c1-24(2)31(28,29)16-9-7-15(8-10-16)23-20(26)18-5-4-12-25(18)21(27)17-13-14(22)6-11-19(17)30-3/h6-11,13,18H,4-5,12H2,1-3H3,(H,23,26). The van der Waals surface area contributed by atoms with Gasteiger partial charge in [0.05, 0.1) is 17.6 Å². The van der Waals surface area contributed by atoms with Gasteiger partial charge in [0, 0.05) is 31.4 Å². The smallest absolute Gasteiger partial charge is 0.258 e. The van der Waals surface area contributed by atoms with Crippen molar-refractivity contribution in [3.63, 3.8) is 0 Å². The van der Waals surface area contributed by atoms with Crippen LogP contribution in [0.25, 0.3) is 0 Å². The van der Waals surface area contributed by atoms with Crippen LogP contribution in [0.2, 0.25) is 5.02 Å². The number of carbonyl (C=O) groups is 2. The first-order valence-corrected chi connectivity index (χ1v) is 11.4. The molecule has 2 aromatic carbocycles. The van der Waals surface area contributed by atoms with Gasteiger partial charge in [0.1, 0.15) is 11.8 Å². The van der Waals surface area contributed by atoms with Crippen LogP contribution in [0, 0.1) is 0 Å². The molecular weight excluding hydrogens is 442 g/mol. The molecule has 0 aliphatic carbocycles. The Bertz CT molecular complexity index is 1090. The summed E-state index contributed by atoms with van der Waals surface area (Å²) < 4.78 is 30.7. The number of amides is 2. The van der Waals surface area contributed by atoms with E-state index in [1.54, 1.807) is 12.1 Å². The average molecular weight is 466 g/mol. The lowest BCUT2D eigenvalue weighted by Gasteiger charge is -2.25. The Balaban J connectivity index is 1.76. The maximum Gasteiger partial charge on any atom is 0.258 e. The highest BCUT2D eigenvalue weighted by Gasteiger charge is 2.35. The summed E-state index contributed by atoms with van der Waals surface area (Å²) in [5, 5.41) is 3.17. The van der Waals surface area contributed by atoms with E-state index in [2.05, 4.69) is 5.32 Å². The maximum atomic E-state index is 13.1. The van der Waals surface area contributed by atoms with Gasteiger partial charge < -0.3 is 15.0 Å². The van der Waals surface area contributed by atoms with E-state index in [0.29, 0.717) is 41.4 Å². The lowest BCUT2D eigenvalue weighted by atomic mass is 10.1. The van der Waals surface area contributed by atoms with Crippen molar-refractivity contribution in [3.8, 4) is 5.75 Å². The third-order valence-electron chi connectivity index (χ3n) is 5.11. The molecular formula is C21H24ClN3O5S. The normalized spacial score (nSPS) is 16.4. The monoisotopic (exact) mass is 465 g/mol. The second-order valence-corrected chi connectivity index (χ2v) is 9.89. The topological polar surface area (TPSA) is 96.0 Å². The molecule has 0 bridgehead atoms. The second kappa shape index (κ2) is 9.25. The fourth-order valence-electron chi connectivity index (χ4n) is 3.43. The number of hydrogen-bond acceptors (Lipinski definition) is 5. The van der Waals surface area contributed by atoms with Crippen molar-refractivity contribution in [2.75, 3.05) is 33.1 Å². The third kappa shape index (κ3) is 4.84. The zero-order chi connectivity index (χ0) is 22.8. The number of sulfonamides is 1. The predicted octanol–water partition coefficient (Wildman–Crippen LogP) is 2.84. The van der Waals surface area contributed by atoms with E-state index in [1.807, 2.05) is 0 Å². The molecule has 0 saturated carbocycles. The number of anilines is 1. The van der Waals surface area contributed by atoms with Gasteiger partial charge in [-0.15, -0.1) is 0 Å². The molecule has 1 saturated heterocycles. The Morgan fingerprint density at radius 1 is 1.16 bits per heavy atom. The van der Waals surface area contributed by atoms with Gasteiger partial charge in [0.15, 0.2) is 0 Å². The fraction of sp³-hybridized carbons (Fsp3) is 0.333. The SMILES string of the molecule is COc1ccc(Cl)cc1C(=O)N1CCCC1C(=O)Nc1ccc(S(=O)(=O)N(C)C)cc1. The fourth-order valence-corrected chi connectivity index (χ4v) is 4.50. The molecule has 3 rings (SSSR count). The molecule has 1 fully saturated rings. The van der Waals surface area contributed by atoms with Crippen LogP contribution in [0.5, 0.6) is 5.75 Å². The van der Waals surface area contributed by atoms with Crippen LogP contribution in [-0.2, 0) is 14.8 Å². The number of benzene rings is 2. The van der Waals surface area contributed by atoms with Crippen molar-refractivity contribution in [3.05, 3.63) is 53.1 Å². The summed E-state index contributed by atoms with van der Waals surface area (Å²) in [5.41, 5.74) is 0.746. The number of methoxy groups -OCH3 is 1. The number of nitrogens with zero attached hydrogens (tertiary/aromatic N) is 2. The van der Waals surface area contributed by atoms with Crippen molar-refractivity contribution < 1.29 is 22.7 Å². The van der Waals surface area contributed by atoms with Crippen LogP contribution in [0.4, 0.5) is 5.69 Å². The lowest BCUT2D eigenvalue weighted by Crippen LogP contribution is -2.43. The Labute approximate surface area is 186 Å². The molecule has 1 aliphatic rings. The molecule has 0 aromatic heterocycles. The number of hydrogen-bond donors (Lipinski definition) is 1. The number of ether oxygens (including phenoxy) is 1. The van der Waals surface area contributed by atoms with Gasteiger partial charge in [-0.1, -0.05) is 11.6 Å². The Morgan fingerprint density at radius 3 is 2.45 bits per heavy atom. The summed E-state index contributed by atoms with van der Waals surface area (Å²) in [6, 6.07) is 10.0. The van der Waals surface area contributed by atoms with Crippen molar-refractivity contribution in [2.45, 2.75) is 23.8 Å². The number of halogens is 1. The summed E-state index contributed by atoms with van der Waals surface area (Å²) in [4.78, 5) is 27.6. The molecule has 1 unspecified atom stereocenters. The van der Waals surface area contributed by atoms with Gasteiger partial charge in [-0.3, -0.25) is 9.59 Å². The number of nitrogens with one attached hydrogen (secondary N) is 1. The minimum absolute atomic E-state index is 0.126. The summed E-state index contributed by atoms with van der Waals surface area (Å²) in [7, 11) is 0.813. The number of carbonyl (C=O) groups excluding carboxylic acids is 2. The van der Waals surface area contributed by atoms with Gasteiger partial charge in [0.25, 0.3) is 5.91 Å². The van der Waals surface area contributed by atoms with Gasteiger partial charge in [-0.25, -0.2) is 12.7 Å². The maximum absolute atomic E-state index is 13.1. The van der Waals surface area contributed by atoms with Crippen molar-refractivity contribution in [2.24, 2.45) is 0 Å². The molecule has 1 heterocycles. The van der Waals surface area contributed by atoms with Crippen LogP contribution in [0.15, 0.2) is 47.4 Å². The van der Waals surface area contributed by atoms with E-state index in [0.717, 1.165) is 4.31 Å². The average Bonchev–Trinajstić information content (AvgIpc) is 3.23. The molecule has 10 heteroatoms. The van der Waals surface area contributed by atoms with Crippen LogP contribution >= 0.6 is 11.6 Å². The zero-order valence-corrected chi connectivity index (χ0v) is 19.0. The summed E-state index contributed by atoms with van der Waals surface area (Å²) in [6.07, 6.45) is 1.21. The molecule has 31 heavy (non-hydrogen) atoms. The second-order valence-electron chi connectivity index (χ2n) is 7.30. The zero-order valence-electron chi connectivity index (χ0n) is 17.5. The molecule has 1 atom stereocenters. The molecule has 1 N–H and O–H groups in total. The van der Waals surface area contributed by atoms with Crippen LogP contribution < -0.4 is 10.1 Å². The van der Waals surface area contributed by atoms with E-state index in [1.165, 1.54) is 56.4 Å². The van der Waals surface area contributed by atoms with Gasteiger partial charge >= 0.3 is 0 Å². The van der Waals surface area contributed by atoms with Crippen molar-refractivity contribution >= 4 is 39.1 Å². The van der Waals surface area contributed by atoms with Crippen molar-refractivity contribution in [1.82, 2.24) is 9.21 Å². The summed E-state index contributed by atoms with van der Waals surface area (Å²) in [6.45, 7) is 0.437. The predicted molar refractivity (Wildman–Crippen MR) is 118 cm³/mol. The van der Waals surface area contributed by atoms with Crippen LogP contribution in [-0.4, -0.2) is 63.2 Å². The van der Waals surface area contributed by atoms with E-state index < -0.39 is 16.1 Å². The highest BCUT2D eigenvalue weighted by Crippen LogP contribution is 2.28. The molecule has 166 valence electrons. The summed E-state index contributed by atoms with van der Waals surface area (Å²) in [5.74, 6) is -0.280. The molecule has 8 nitrogen and oxygen atoms in total. The number of rotatable bonds is 6. The first-order chi connectivity index (χ1) is 14.6. The van der Waals surface area contributed by atoms with Gasteiger partial charge in [-0.05, 0) is 55.3 Å². The van der Waals surface area contributed by atoms with Gasteiger partial charge in [-0.2, -0.15) is 0 Å². The first-order valence-electron chi connectivity index (χ1n) is 9.63. The molecule has 1 aliphatic heterocycles. The Hall–Kier alpha value is -2.62. The minimum atomic E-state index is -3.55. The quantitative estimate of drug-likeness (QED) is 0.707. The van der Waals surface area contributed by atoms with E-state index in [-0.39, 0.29) is 16.7 Å². The molecule has 2 amide bonds. The van der Waals surface area contributed by atoms with Gasteiger partial charge in [0.2, 0.25) is 15.9 Å². The highest BCUT2D eigenvalue weighted by atomic mass is 35.5. The van der Waals surface area contributed by atoms with E-state index in [9.17, 15) is 18.0 Å². The molecule has 2 aromatic rings. The number of likely N-dealkylation sites (tertiary alicyclic amines) is 1. The lowest BCUT2D eigenvalue weighted by molar-refractivity contribution is -0.119. The third-order valence-corrected chi connectivity index (χ3v) is 7.17. The van der Waals surface area contributed by atoms with Crippen LogP contribution in [0.1, 0.15) is 23.2 Å². The van der Waals surface area contributed by atoms with Crippen molar-refractivity contribution in [1.29, 1.82) is 0 Å². The Kier molecular flexibility index (Phi) is 6.88.